The van der Waals surface area contributed by atoms with Crippen molar-refractivity contribution >= 4 is 28.8 Å². The Bertz CT molecular complexity index is 836. The van der Waals surface area contributed by atoms with Gasteiger partial charge in [-0.25, -0.2) is 0 Å². The number of piperidine rings is 1. The second-order valence-electron chi connectivity index (χ2n) is 8.70. The molecule has 2 amide bonds. The lowest BCUT2D eigenvalue weighted by Gasteiger charge is -2.45. The number of hydrogen-bond acceptors (Lipinski definition) is 3. The van der Waals surface area contributed by atoms with Gasteiger partial charge in [-0.15, -0.1) is 11.3 Å². The Labute approximate surface area is 182 Å². The molecule has 2 aliphatic rings. The lowest BCUT2D eigenvalue weighted by Crippen LogP contribution is -3.22. The van der Waals surface area contributed by atoms with Gasteiger partial charge in [-0.1, -0.05) is 12.5 Å². The van der Waals surface area contributed by atoms with E-state index in [2.05, 4.69) is 10.6 Å². The lowest BCUT2D eigenvalue weighted by molar-refractivity contribution is -0.957. The third-order valence-corrected chi connectivity index (χ3v) is 7.62. The molecule has 6 heteroatoms. The standard InChI is InChI=1S/C24H31N3O2S/c28-22(19-9-11-20(12-10-19)26-23(29)21-8-7-17-30-21)25-18-24(13-3-1-4-14-24)27-15-5-2-6-16-27/h7-12,17H,1-6,13-16,18H2,(H,25,28)(H,26,29)/p+1. The number of benzene rings is 1. The van der Waals surface area contributed by atoms with E-state index in [0.717, 1.165) is 6.54 Å². The Morgan fingerprint density at radius 3 is 2.27 bits per heavy atom. The smallest absolute Gasteiger partial charge is 0.265 e. The predicted molar refractivity (Wildman–Crippen MR) is 121 cm³/mol. The summed E-state index contributed by atoms with van der Waals surface area (Å²) < 4.78 is 0. The molecule has 0 spiro atoms. The number of hydrogen-bond donors (Lipinski definition) is 3. The molecular weight excluding hydrogens is 394 g/mol. The molecule has 160 valence electrons. The van der Waals surface area contributed by atoms with E-state index in [0.29, 0.717) is 16.1 Å². The van der Waals surface area contributed by atoms with Crippen LogP contribution in [0.1, 0.15) is 71.4 Å². The molecule has 0 unspecified atom stereocenters. The van der Waals surface area contributed by atoms with E-state index in [-0.39, 0.29) is 17.4 Å². The first-order chi connectivity index (χ1) is 14.7. The summed E-state index contributed by atoms with van der Waals surface area (Å²) in [6.07, 6.45) is 10.3. The molecule has 0 atom stereocenters. The van der Waals surface area contributed by atoms with Crippen molar-refractivity contribution in [3.63, 3.8) is 0 Å². The summed E-state index contributed by atoms with van der Waals surface area (Å²) in [5, 5.41) is 8.01. The van der Waals surface area contributed by atoms with Crippen molar-refractivity contribution in [1.82, 2.24) is 5.32 Å². The van der Waals surface area contributed by atoms with Crippen LogP contribution in [0.5, 0.6) is 0 Å². The number of nitrogens with one attached hydrogen (secondary N) is 3. The van der Waals surface area contributed by atoms with Gasteiger partial charge < -0.3 is 15.5 Å². The minimum absolute atomic E-state index is 0.0208. The van der Waals surface area contributed by atoms with E-state index < -0.39 is 0 Å². The topological polar surface area (TPSA) is 62.6 Å². The summed E-state index contributed by atoms with van der Waals surface area (Å²) >= 11 is 1.41. The number of rotatable bonds is 6. The maximum absolute atomic E-state index is 12.8. The van der Waals surface area contributed by atoms with Crippen molar-refractivity contribution in [2.75, 3.05) is 25.0 Å². The van der Waals surface area contributed by atoms with E-state index in [1.165, 1.54) is 75.8 Å². The van der Waals surface area contributed by atoms with Crippen LogP contribution in [-0.2, 0) is 0 Å². The van der Waals surface area contributed by atoms with Crippen LogP contribution in [0.25, 0.3) is 0 Å². The minimum Gasteiger partial charge on any atom is -0.346 e. The van der Waals surface area contributed by atoms with Crippen molar-refractivity contribution in [1.29, 1.82) is 0 Å². The van der Waals surface area contributed by atoms with Crippen molar-refractivity contribution in [3.05, 3.63) is 52.2 Å². The molecule has 0 bridgehead atoms. The fourth-order valence-electron chi connectivity index (χ4n) is 5.05. The molecule has 1 aliphatic carbocycles. The highest BCUT2D eigenvalue weighted by atomic mass is 32.1. The second-order valence-corrected chi connectivity index (χ2v) is 9.64. The molecule has 1 saturated heterocycles. The van der Waals surface area contributed by atoms with E-state index in [9.17, 15) is 9.59 Å². The maximum Gasteiger partial charge on any atom is 0.265 e. The van der Waals surface area contributed by atoms with Crippen LogP contribution in [0.2, 0.25) is 0 Å². The summed E-state index contributed by atoms with van der Waals surface area (Å²) in [7, 11) is 0. The number of anilines is 1. The van der Waals surface area contributed by atoms with Gasteiger partial charge >= 0.3 is 0 Å². The third-order valence-electron chi connectivity index (χ3n) is 6.76. The van der Waals surface area contributed by atoms with Crippen molar-refractivity contribution < 1.29 is 14.5 Å². The van der Waals surface area contributed by atoms with Gasteiger partial charge in [0.2, 0.25) is 0 Å². The highest BCUT2D eigenvalue weighted by Gasteiger charge is 2.42. The van der Waals surface area contributed by atoms with Crippen molar-refractivity contribution in [3.8, 4) is 0 Å². The number of quaternary nitrogens is 1. The second kappa shape index (κ2) is 9.75. The fourth-order valence-corrected chi connectivity index (χ4v) is 5.67. The van der Waals surface area contributed by atoms with Gasteiger partial charge in [0.25, 0.3) is 11.8 Å². The van der Waals surface area contributed by atoms with E-state index in [4.69, 9.17) is 0 Å². The van der Waals surface area contributed by atoms with E-state index in [1.807, 2.05) is 11.4 Å². The Hall–Kier alpha value is -2.18. The van der Waals surface area contributed by atoms with Gasteiger partial charge in [-0.2, -0.15) is 0 Å². The first kappa shape index (κ1) is 21.1. The first-order valence-corrected chi connectivity index (χ1v) is 12.1. The first-order valence-electron chi connectivity index (χ1n) is 11.2. The largest absolute Gasteiger partial charge is 0.346 e. The number of likely N-dealkylation sites (tertiary alicyclic amines) is 1. The zero-order valence-corrected chi connectivity index (χ0v) is 18.4. The van der Waals surface area contributed by atoms with Crippen LogP contribution in [0.15, 0.2) is 41.8 Å². The maximum atomic E-state index is 12.8. The molecule has 3 N–H and O–H groups in total. The average Bonchev–Trinajstić information content (AvgIpc) is 3.34. The summed E-state index contributed by atoms with van der Waals surface area (Å²) in [5.41, 5.74) is 1.55. The number of amides is 2. The third kappa shape index (κ3) is 4.93. The van der Waals surface area contributed by atoms with Gasteiger partial charge in [0.05, 0.1) is 24.5 Å². The van der Waals surface area contributed by atoms with Crippen molar-refractivity contribution in [2.45, 2.75) is 56.9 Å². The van der Waals surface area contributed by atoms with Crippen LogP contribution >= 0.6 is 11.3 Å². The van der Waals surface area contributed by atoms with Gasteiger partial charge in [0.15, 0.2) is 0 Å². The quantitative estimate of drug-likeness (QED) is 0.662. The van der Waals surface area contributed by atoms with Crippen LogP contribution in [0, 0.1) is 0 Å². The van der Waals surface area contributed by atoms with Gasteiger partial charge in [0.1, 0.15) is 5.54 Å². The molecule has 1 aromatic heterocycles. The zero-order valence-electron chi connectivity index (χ0n) is 17.5. The average molecular weight is 427 g/mol. The highest BCUT2D eigenvalue weighted by molar-refractivity contribution is 7.12. The Morgan fingerprint density at radius 2 is 1.60 bits per heavy atom. The Kier molecular flexibility index (Phi) is 6.85. The molecular formula is C24H32N3O2S+. The molecule has 1 aromatic carbocycles. The van der Waals surface area contributed by atoms with Crippen LogP contribution in [0.4, 0.5) is 5.69 Å². The van der Waals surface area contributed by atoms with Crippen LogP contribution in [0.3, 0.4) is 0 Å². The van der Waals surface area contributed by atoms with Crippen LogP contribution in [-0.4, -0.2) is 37.0 Å². The lowest BCUT2D eigenvalue weighted by atomic mass is 9.79. The molecule has 5 nitrogen and oxygen atoms in total. The zero-order chi connectivity index (χ0) is 20.8. The van der Waals surface area contributed by atoms with Crippen LogP contribution < -0.4 is 15.5 Å². The number of carbonyl (C=O) groups is 2. The van der Waals surface area contributed by atoms with Gasteiger partial charge in [-0.05, 0) is 67.8 Å². The van der Waals surface area contributed by atoms with Gasteiger partial charge in [-0.3, -0.25) is 9.59 Å². The van der Waals surface area contributed by atoms with E-state index >= 15 is 0 Å². The highest BCUT2D eigenvalue weighted by Crippen LogP contribution is 2.26. The van der Waals surface area contributed by atoms with E-state index in [1.54, 1.807) is 35.2 Å². The number of carbonyl (C=O) groups excluding carboxylic acids is 2. The predicted octanol–water partition coefficient (Wildman–Crippen LogP) is 3.50. The SMILES string of the molecule is O=C(NCC1([NH+]2CCCCC2)CCCCC1)c1ccc(NC(=O)c2cccs2)cc1. The normalized spacial score (nSPS) is 19.2. The molecule has 30 heavy (non-hydrogen) atoms. The molecule has 1 saturated carbocycles. The molecule has 4 rings (SSSR count). The Balaban J connectivity index is 1.36. The summed E-state index contributed by atoms with van der Waals surface area (Å²) in [4.78, 5) is 27.4. The minimum atomic E-state index is -0.119. The summed E-state index contributed by atoms with van der Waals surface area (Å²) in [6, 6.07) is 10.8. The summed E-state index contributed by atoms with van der Waals surface area (Å²) in [5.74, 6) is -0.140. The molecule has 0 radical (unpaired) electrons. The van der Waals surface area contributed by atoms with Gasteiger partial charge in [0, 0.05) is 24.1 Å². The fraction of sp³-hybridized carbons (Fsp3) is 0.500. The van der Waals surface area contributed by atoms with Crippen molar-refractivity contribution in [2.24, 2.45) is 0 Å². The molecule has 1 aliphatic heterocycles. The number of thiophene rings is 1. The molecule has 2 heterocycles. The molecule has 2 aromatic rings. The molecule has 2 fully saturated rings. The monoisotopic (exact) mass is 426 g/mol. The Morgan fingerprint density at radius 1 is 0.900 bits per heavy atom. The summed E-state index contributed by atoms with van der Waals surface area (Å²) in [6.45, 7) is 3.25.